The Kier molecular flexibility index (Phi) is 6.60. The van der Waals surface area contributed by atoms with Crippen LogP contribution >= 0.6 is 11.6 Å². The first kappa shape index (κ1) is 24.6. The Balaban J connectivity index is 1.28. The number of piperazine rings is 1. The second kappa shape index (κ2) is 9.40. The van der Waals surface area contributed by atoms with Gasteiger partial charge in [-0.05, 0) is 36.9 Å². The van der Waals surface area contributed by atoms with Gasteiger partial charge in [-0.3, -0.25) is 9.69 Å². The van der Waals surface area contributed by atoms with E-state index in [2.05, 4.69) is 20.1 Å². The highest BCUT2D eigenvalue weighted by molar-refractivity contribution is 6.34. The number of aromatic nitrogens is 1. The van der Waals surface area contributed by atoms with E-state index in [0.29, 0.717) is 24.1 Å². The van der Waals surface area contributed by atoms with Crippen molar-refractivity contribution in [2.75, 3.05) is 56.2 Å². The minimum absolute atomic E-state index is 0.0413. The summed E-state index contributed by atoms with van der Waals surface area (Å²) in [5, 5.41) is 15.3. The zero-order valence-corrected chi connectivity index (χ0v) is 20.2. The summed E-state index contributed by atoms with van der Waals surface area (Å²) in [6.45, 7) is 5.18. The van der Waals surface area contributed by atoms with Crippen molar-refractivity contribution in [3.05, 3.63) is 29.4 Å². The van der Waals surface area contributed by atoms with E-state index in [-0.39, 0.29) is 18.4 Å². The van der Waals surface area contributed by atoms with Gasteiger partial charge in [0.15, 0.2) is 0 Å². The van der Waals surface area contributed by atoms with Crippen molar-refractivity contribution >= 4 is 39.8 Å². The van der Waals surface area contributed by atoms with E-state index in [9.17, 15) is 18.7 Å². The highest BCUT2D eigenvalue weighted by atomic mass is 35.5. The first-order valence-electron chi connectivity index (χ1n) is 11.8. The van der Waals surface area contributed by atoms with E-state index in [1.165, 1.54) is 0 Å². The molecule has 190 valence electrons. The number of nitrogens with one attached hydrogen (secondary N) is 1. The van der Waals surface area contributed by atoms with Crippen molar-refractivity contribution in [1.82, 2.24) is 9.88 Å². The number of rotatable bonds is 4. The van der Waals surface area contributed by atoms with E-state index in [0.717, 1.165) is 42.6 Å². The number of alkyl halides is 2. The van der Waals surface area contributed by atoms with E-state index < -0.39 is 30.6 Å². The molecule has 0 bridgehead atoms. The number of carbonyl (C=O) groups is 1. The average molecular weight is 511 g/mol. The number of hydrogen-bond acceptors (Lipinski definition) is 7. The Morgan fingerprint density at radius 1 is 1.20 bits per heavy atom. The third-order valence-corrected chi connectivity index (χ3v) is 7.63. The van der Waals surface area contributed by atoms with E-state index in [1.54, 1.807) is 12.3 Å². The van der Waals surface area contributed by atoms with Gasteiger partial charge in [0.1, 0.15) is 18.5 Å². The molecule has 0 spiro atoms. The van der Waals surface area contributed by atoms with Crippen molar-refractivity contribution in [2.24, 2.45) is 0 Å². The Bertz CT molecular complexity index is 1100. The molecule has 0 aliphatic carbocycles. The van der Waals surface area contributed by atoms with Crippen LogP contribution in [0.15, 0.2) is 24.4 Å². The van der Waals surface area contributed by atoms with Gasteiger partial charge in [-0.15, -0.1) is 0 Å². The lowest BCUT2D eigenvalue weighted by atomic mass is 9.95. The van der Waals surface area contributed by atoms with Crippen LogP contribution in [0.4, 0.5) is 20.3 Å². The maximum atomic E-state index is 13.3. The van der Waals surface area contributed by atoms with Crippen LogP contribution in [0.2, 0.25) is 5.02 Å². The van der Waals surface area contributed by atoms with Crippen LogP contribution in [0.25, 0.3) is 10.8 Å². The molecule has 3 saturated heterocycles. The fourth-order valence-electron chi connectivity index (χ4n) is 5.01. The predicted molar refractivity (Wildman–Crippen MR) is 128 cm³/mol. The summed E-state index contributed by atoms with van der Waals surface area (Å²) >= 11 is 6.61. The number of fused-ring (bicyclic) bond motifs is 1. The van der Waals surface area contributed by atoms with Gasteiger partial charge in [0.25, 0.3) is 11.8 Å². The number of ether oxygens (including phenoxy) is 2. The Morgan fingerprint density at radius 2 is 1.97 bits per heavy atom. The minimum atomic E-state index is -2.89. The lowest BCUT2D eigenvalue weighted by molar-refractivity contribution is -0.158. The molecule has 2 N–H and O–H groups in total. The number of carbonyl (C=O) groups excluding carboxylic acids is 1. The molecule has 2 aromatic rings. The van der Waals surface area contributed by atoms with Crippen molar-refractivity contribution in [3.63, 3.8) is 0 Å². The fourth-order valence-corrected chi connectivity index (χ4v) is 5.30. The van der Waals surface area contributed by atoms with Crippen LogP contribution in [0.1, 0.15) is 19.8 Å². The maximum absolute atomic E-state index is 13.3. The molecule has 0 unspecified atom stereocenters. The topological polar surface area (TPSA) is 87.2 Å². The van der Waals surface area contributed by atoms with Gasteiger partial charge in [0.2, 0.25) is 0 Å². The zero-order valence-electron chi connectivity index (χ0n) is 19.5. The Morgan fingerprint density at radius 3 is 2.63 bits per heavy atom. The monoisotopic (exact) mass is 510 g/mol. The molecule has 0 radical (unpaired) electrons. The van der Waals surface area contributed by atoms with Gasteiger partial charge in [0, 0.05) is 44.2 Å². The molecule has 35 heavy (non-hydrogen) atoms. The number of halogens is 3. The number of aliphatic hydroxyl groups is 1. The van der Waals surface area contributed by atoms with Gasteiger partial charge in [-0.1, -0.05) is 11.6 Å². The van der Waals surface area contributed by atoms with E-state index >= 15 is 0 Å². The molecule has 1 aromatic heterocycles. The molecular formula is C24H29ClF2N4O4. The normalized spacial score (nSPS) is 29.5. The summed E-state index contributed by atoms with van der Waals surface area (Å²) in [4.78, 5) is 21.2. The first-order chi connectivity index (χ1) is 16.6. The second-order valence-corrected chi connectivity index (χ2v) is 10.2. The summed E-state index contributed by atoms with van der Waals surface area (Å²) in [6, 6.07) is 5.56. The molecular weight excluding hydrogens is 482 g/mol. The molecule has 3 aliphatic heterocycles. The summed E-state index contributed by atoms with van der Waals surface area (Å²) < 4.78 is 37.1. The molecule has 1 aromatic carbocycles. The first-order valence-corrected chi connectivity index (χ1v) is 12.2. The van der Waals surface area contributed by atoms with Crippen LogP contribution in [-0.2, 0) is 14.3 Å². The van der Waals surface area contributed by atoms with Gasteiger partial charge >= 0.3 is 0 Å². The second-order valence-electron chi connectivity index (χ2n) is 9.77. The molecule has 3 fully saturated rings. The van der Waals surface area contributed by atoms with Crippen molar-refractivity contribution in [2.45, 2.75) is 43.4 Å². The number of pyridine rings is 1. The molecule has 8 nitrogen and oxygen atoms in total. The highest BCUT2D eigenvalue weighted by Crippen LogP contribution is 2.34. The maximum Gasteiger partial charge on any atom is 0.271 e. The van der Waals surface area contributed by atoms with Crippen molar-refractivity contribution in [1.29, 1.82) is 0 Å². The van der Waals surface area contributed by atoms with Crippen LogP contribution in [0.3, 0.4) is 0 Å². The molecule has 11 heteroatoms. The summed E-state index contributed by atoms with van der Waals surface area (Å²) in [5.74, 6) is -3.05. The molecule has 0 saturated carbocycles. The quantitative estimate of drug-likeness (QED) is 0.654. The van der Waals surface area contributed by atoms with Crippen LogP contribution in [-0.4, -0.2) is 90.6 Å². The zero-order chi connectivity index (χ0) is 24.8. The third kappa shape index (κ3) is 4.95. The summed E-state index contributed by atoms with van der Waals surface area (Å²) in [7, 11) is 0. The highest BCUT2D eigenvalue weighted by Gasteiger charge is 2.44. The summed E-state index contributed by atoms with van der Waals surface area (Å²) in [5.41, 5.74) is 0.504. The Hall–Kier alpha value is -2.11. The molecule has 4 heterocycles. The predicted octanol–water partition coefficient (Wildman–Crippen LogP) is 2.91. The number of anilines is 2. The number of hydrogen-bond donors (Lipinski definition) is 2. The van der Waals surface area contributed by atoms with Crippen LogP contribution < -0.4 is 10.2 Å². The number of nitrogens with zero attached hydrogens (tertiary/aromatic N) is 3. The van der Waals surface area contributed by atoms with Crippen molar-refractivity contribution in [3.8, 4) is 0 Å². The average Bonchev–Trinajstić information content (AvgIpc) is 3.18. The number of aliphatic hydroxyl groups excluding tert-OH is 1. The fraction of sp³-hybridized carbons (Fsp3) is 0.583. The molecule has 3 aliphatic rings. The van der Waals surface area contributed by atoms with E-state index in [4.69, 9.17) is 21.1 Å². The minimum Gasteiger partial charge on any atom is -0.389 e. The van der Waals surface area contributed by atoms with Crippen LogP contribution in [0.5, 0.6) is 0 Å². The number of benzene rings is 1. The van der Waals surface area contributed by atoms with Gasteiger partial charge in [-0.25, -0.2) is 13.8 Å². The van der Waals surface area contributed by atoms with Gasteiger partial charge in [0.05, 0.1) is 35.6 Å². The largest absolute Gasteiger partial charge is 0.389 e. The molecule has 5 rings (SSSR count). The number of amides is 1. The van der Waals surface area contributed by atoms with E-state index in [1.807, 2.05) is 19.1 Å². The summed E-state index contributed by atoms with van der Waals surface area (Å²) in [6.07, 6.45) is -0.224. The van der Waals surface area contributed by atoms with Crippen molar-refractivity contribution < 1.29 is 28.2 Å². The standard InChI is InChI=1S/C24H29ClF2N4O4/c1-23(13-34-12-20(23)32)31-6-4-30(5-7-31)18-9-15-10-21(28-11-16(15)8-17(18)25)29-22(33)19-2-3-24(26,27)14-35-19/h8-11,19-20,32H,2-7,12-14H2,1H3,(H,28,29,33)/t19-,20-,23+/m0/s1. The SMILES string of the molecule is C[C@@]1(N2CCN(c3cc4cc(NC(=O)[C@@H]5CCC(F)(F)CO5)ncc4cc3Cl)CC2)COC[C@@H]1O. The third-order valence-electron chi connectivity index (χ3n) is 7.33. The Labute approximate surface area is 207 Å². The lowest BCUT2D eigenvalue weighted by Crippen LogP contribution is -2.60. The molecule has 1 amide bonds. The van der Waals surface area contributed by atoms with Crippen LogP contribution in [0, 0.1) is 0 Å². The molecule has 3 atom stereocenters. The van der Waals surface area contributed by atoms with Gasteiger partial charge < -0.3 is 24.8 Å². The lowest BCUT2D eigenvalue weighted by Gasteiger charge is -2.45. The smallest absolute Gasteiger partial charge is 0.271 e. The van der Waals surface area contributed by atoms with Gasteiger partial charge in [-0.2, -0.15) is 0 Å².